The predicted octanol–water partition coefficient (Wildman–Crippen LogP) is 3.48. The van der Waals surface area contributed by atoms with Crippen LogP contribution in [0, 0.1) is 12.7 Å². The van der Waals surface area contributed by atoms with Gasteiger partial charge in [0.1, 0.15) is 10.7 Å². The van der Waals surface area contributed by atoms with Crippen molar-refractivity contribution in [1.82, 2.24) is 4.98 Å². The molecule has 0 radical (unpaired) electrons. The number of pyridine rings is 1. The van der Waals surface area contributed by atoms with Gasteiger partial charge in [0.05, 0.1) is 11.2 Å². The Morgan fingerprint density at radius 1 is 1.09 bits per heavy atom. The van der Waals surface area contributed by atoms with Gasteiger partial charge in [0.25, 0.3) is 10.0 Å². The van der Waals surface area contributed by atoms with Crippen LogP contribution in [0.4, 0.5) is 10.1 Å². The van der Waals surface area contributed by atoms with Gasteiger partial charge in [0.2, 0.25) is 0 Å². The topological polar surface area (TPSA) is 59.1 Å². The van der Waals surface area contributed by atoms with Gasteiger partial charge in [0.15, 0.2) is 0 Å². The van der Waals surface area contributed by atoms with Gasteiger partial charge < -0.3 is 0 Å². The second-order valence-electron chi connectivity index (χ2n) is 4.93. The van der Waals surface area contributed by atoms with Crippen LogP contribution in [-0.2, 0) is 10.0 Å². The molecular weight excluding hydrogens is 303 g/mol. The quantitative estimate of drug-likeness (QED) is 0.805. The number of aromatic nitrogens is 1. The van der Waals surface area contributed by atoms with Crippen molar-refractivity contribution in [1.29, 1.82) is 0 Å². The molecule has 0 amide bonds. The Morgan fingerprint density at radius 2 is 1.86 bits per heavy atom. The molecule has 22 heavy (non-hydrogen) atoms. The van der Waals surface area contributed by atoms with Crippen LogP contribution in [0.1, 0.15) is 5.56 Å². The standard InChI is InChI=1S/C16H13FN2O2S/c1-11-9-12-5-4-8-15(16(12)18-10-11)22(20,21)19-14-7-3-2-6-13(14)17/h2-10,19H,1H3. The minimum absolute atomic E-state index is 0.0215. The average Bonchev–Trinajstić information content (AvgIpc) is 2.48. The molecule has 1 aromatic heterocycles. The molecule has 4 nitrogen and oxygen atoms in total. The van der Waals surface area contributed by atoms with Gasteiger partial charge in [-0.3, -0.25) is 9.71 Å². The van der Waals surface area contributed by atoms with E-state index in [4.69, 9.17) is 0 Å². The Kier molecular flexibility index (Phi) is 3.54. The van der Waals surface area contributed by atoms with Gasteiger partial charge >= 0.3 is 0 Å². The number of sulfonamides is 1. The van der Waals surface area contributed by atoms with Crippen molar-refractivity contribution in [3.63, 3.8) is 0 Å². The number of anilines is 1. The summed E-state index contributed by atoms with van der Waals surface area (Å²) < 4.78 is 41.0. The van der Waals surface area contributed by atoms with Crippen molar-refractivity contribution in [3.05, 3.63) is 66.1 Å². The van der Waals surface area contributed by atoms with E-state index in [-0.39, 0.29) is 10.6 Å². The van der Waals surface area contributed by atoms with Gasteiger partial charge in [-0.25, -0.2) is 12.8 Å². The molecule has 6 heteroatoms. The van der Waals surface area contributed by atoms with E-state index >= 15 is 0 Å². The zero-order chi connectivity index (χ0) is 15.7. The van der Waals surface area contributed by atoms with Crippen LogP contribution >= 0.6 is 0 Å². The largest absolute Gasteiger partial charge is 0.277 e. The number of nitrogens with zero attached hydrogens (tertiary/aromatic N) is 1. The molecule has 2 aromatic carbocycles. The van der Waals surface area contributed by atoms with Gasteiger partial charge in [-0.1, -0.05) is 24.3 Å². The van der Waals surface area contributed by atoms with Gasteiger partial charge in [-0.05, 0) is 36.8 Å². The monoisotopic (exact) mass is 316 g/mol. The van der Waals surface area contributed by atoms with Crippen molar-refractivity contribution in [2.75, 3.05) is 4.72 Å². The summed E-state index contributed by atoms with van der Waals surface area (Å²) in [6.07, 6.45) is 1.60. The first-order chi connectivity index (χ1) is 10.5. The van der Waals surface area contributed by atoms with E-state index in [0.717, 1.165) is 10.9 Å². The zero-order valence-corrected chi connectivity index (χ0v) is 12.6. The normalized spacial score (nSPS) is 11.5. The molecule has 1 N–H and O–H groups in total. The lowest BCUT2D eigenvalue weighted by Crippen LogP contribution is -2.14. The van der Waals surface area contributed by atoms with E-state index in [1.807, 2.05) is 13.0 Å². The summed E-state index contributed by atoms with van der Waals surface area (Å²) in [6, 6.07) is 12.4. The number of para-hydroxylation sites is 2. The molecule has 112 valence electrons. The van der Waals surface area contributed by atoms with E-state index in [0.29, 0.717) is 5.52 Å². The number of hydrogen-bond donors (Lipinski definition) is 1. The van der Waals surface area contributed by atoms with E-state index in [9.17, 15) is 12.8 Å². The molecule has 0 fully saturated rings. The molecule has 0 aliphatic rings. The summed E-state index contributed by atoms with van der Waals surface area (Å²) in [7, 11) is -3.93. The highest BCUT2D eigenvalue weighted by Gasteiger charge is 2.19. The third kappa shape index (κ3) is 2.65. The van der Waals surface area contributed by atoms with E-state index in [1.165, 1.54) is 24.3 Å². The number of fused-ring (bicyclic) bond motifs is 1. The highest BCUT2D eigenvalue weighted by molar-refractivity contribution is 7.93. The molecule has 0 spiro atoms. The fraction of sp³-hybridized carbons (Fsp3) is 0.0625. The summed E-state index contributed by atoms with van der Waals surface area (Å²) in [6.45, 7) is 1.88. The maximum atomic E-state index is 13.7. The van der Waals surface area contributed by atoms with Crippen LogP contribution in [-0.4, -0.2) is 13.4 Å². The lowest BCUT2D eigenvalue weighted by molar-refractivity contribution is 0.599. The van der Waals surface area contributed by atoms with Crippen LogP contribution in [0.25, 0.3) is 10.9 Å². The summed E-state index contributed by atoms with van der Waals surface area (Å²) in [5.41, 5.74) is 1.20. The van der Waals surface area contributed by atoms with Gasteiger partial charge in [-0.2, -0.15) is 0 Å². The van der Waals surface area contributed by atoms with E-state index < -0.39 is 15.8 Å². The second-order valence-corrected chi connectivity index (χ2v) is 6.58. The lowest BCUT2D eigenvalue weighted by atomic mass is 10.2. The molecule has 0 aliphatic carbocycles. The van der Waals surface area contributed by atoms with Crippen LogP contribution < -0.4 is 4.72 Å². The molecule has 0 unspecified atom stereocenters. The Morgan fingerprint density at radius 3 is 2.64 bits per heavy atom. The molecule has 3 aromatic rings. The summed E-state index contributed by atoms with van der Waals surface area (Å²) in [5.74, 6) is -0.630. The maximum Gasteiger partial charge on any atom is 0.264 e. The molecule has 3 rings (SSSR count). The number of rotatable bonds is 3. The Bertz CT molecular complexity index is 955. The van der Waals surface area contributed by atoms with Crippen molar-refractivity contribution >= 4 is 26.6 Å². The molecule has 0 aliphatic heterocycles. The van der Waals surface area contributed by atoms with E-state index in [2.05, 4.69) is 9.71 Å². The summed E-state index contributed by atoms with van der Waals surface area (Å²) in [5, 5.41) is 0.719. The fourth-order valence-corrected chi connectivity index (χ4v) is 3.45. The number of halogens is 1. The van der Waals surface area contributed by atoms with Crippen LogP contribution in [0.3, 0.4) is 0 Å². The number of nitrogens with one attached hydrogen (secondary N) is 1. The van der Waals surface area contributed by atoms with Crippen molar-refractivity contribution in [2.45, 2.75) is 11.8 Å². The third-order valence-corrected chi connectivity index (χ3v) is 4.62. The van der Waals surface area contributed by atoms with Crippen LogP contribution in [0.15, 0.2) is 59.6 Å². The minimum Gasteiger partial charge on any atom is -0.277 e. The van der Waals surface area contributed by atoms with Crippen LogP contribution in [0.5, 0.6) is 0 Å². The Hall–Kier alpha value is -2.47. The Labute approximate surface area is 127 Å². The SMILES string of the molecule is Cc1cnc2c(S(=O)(=O)Nc3ccccc3F)cccc2c1. The van der Waals surface area contributed by atoms with Crippen molar-refractivity contribution in [2.24, 2.45) is 0 Å². The first kappa shape index (κ1) is 14.5. The third-order valence-electron chi connectivity index (χ3n) is 3.22. The van der Waals surface area contributed by atoms with Crippen molar-refractivity contribution in [3.8, 4) is 0 Å². The maximum absolute atomic E-state index is 13.7. The molecule has 0 saturated heterocycles. The minimum atomic E-state index is -3.93. The molecule has 0 bridgehead atoms. The Balaban J connectivity index is 2.12. The fourth-order valence-electron chi connectivity index (χ4n) is 2.20. The van der Waals surface area contributed by atoms with Gasteiger partial charge in [-0.15, -0.1) is 0 Å². The van der Waals surface area contributed by atoms with E-state index in [1.54, 1.807) is 24.4 Å². The number of benzene rings is 2. The first-order valence-corrected chi connectivity index (χ1v) is 8.08. The highest BCUT2D eigenvalue weighted by Crippen LogP contribution is 2.24. The summed E-state index contributed by atoms with van der Waals surface area (Å²) in [4.78, 5) is 4.22. The predicted molar refractivity (Wildman–Crippen MR) is 83.7 cm³/mol. The van der Waals surface area contributed by atoms with Crippen molar-refractivity contribution < 1.29 is 12.8 Å². The molecule has 0 saturated carbocycles. The number of hydrogen-bond acceptors (Lipinski definition) is 3. The second kappa shape index (κ2) is 5.38. The molecular formula is C16H13FN2O2S. The van der Waals surface area contributed by atoms with Gasteiger partial charge in [0, 0.05) is 11.6 Å². The highest BCUT2D eigenvalue weighted by atomic mass is 32.2. The van der Waals surface area contributed by atoms with Crippen LogP contribution in [0.2, 0.25) is 0 Å². The summed E-state index contributed by atoms with van der Waals surface area (Å²) >= 11 is 0. The molecule has 1 heterocycles. The first-order valence-electron chi connectivity index (χ1n) is 6.60. The smallest absolute Gasteiger partial charge is 0.264 e. The lowest BCUT2D eigenvalue weighted by Gasteiger charge is -2.10. The average molecular weight is 316 g/mol. The number of aryl methyl sites for hydroxylation is 1. The molecule has 0 atom stereocenters. The zero-order valence-electron chi connectivity index (χ0n) is 11.7.